The third-order valence-electron chi connectivity index (χ3n) is 5.88. The summed E-state index contributed by atoms with van der Waals surface area (Å²) in [4.78, 5) is 13.7. The number of carbonyl (C=O) groups is 1. The summed E-state index contributed by atoms with van der Waals surface area (Å²) in [5.74, 6) is -0.444. The molecular weight excluding hydrogens is 436 g/mol. The molecule has 1 aliphatic heterocycles. The van der Waals surface area contributed by atoms with Crippen molar-refractivity contribution in [2.24, 2.45) is 0 Å². The summed E-state index contributed by atoms with van der Waals surface area (Å²) in [6.07, 6.45) is 4.65. The van der Waals surface area contributed by atoms with Crippen LogP contribution in [-0.4, -0.2) is 41.9 Å². The summed E-state index contributed by atoms with van der Waals surface area (Å²) in [5, 5.41) is 32.6. The quantitative estimate of drug-likeness (QED) is 0.510. The van der Waals surface area contributed by atoms with E-state index in [2.05, 4.69) is 0 Å². The molecule has 182 valence electrons. The van der Waals surface area contributed by atoms with Crippen molar-refractivity contribution in [2.45, 2.75) is 46.1 Å². The van der Waals surface area contributed by atoms with Crippen molar-refractivity contribution in [1.29, 1.82) is 0 Å². The third-order valence-corrected chi connectivity index (χ3v) is 5.88. The van der Waals surface area contributed by atoms with Crippen LogP contribution in [0.1, 0.15) is 54.7 Å². The van der Waals surface area contributed by atoms with Gasteiger partial charge in [0.2, 0.25) is 5.78 Å². The van der Waals surface area contributed by atoms with E-state index in [1.165, 1.54) is 7.11 Å². The average molecular weight is 469 g/mol. The van der Waals surface area contributed by atoms with Crippen LogP contribution in [0.2, 0.25) is 0 Å². The molecule has 0 spiro atoms. The topological polar surface area (TPSA) is 105 Å². The van der Waals surface area contributed by atoms with Crippen LogP contribution in [0.3, 0.4) is 0 Å². The maximum atomic E-state index is 13.7. The Morgan fingerprint density at radius 2 is 1.62 bits per heavy atom. The number of carbonyl (C=O) groups excluding carboxylic acids is 1. The van der Waals surface area contributed by atoms with Crippen LogP contribution < -0.4 is 14.2 Å². The molecule has 1 aliphatic rings. The van der Waals surface area contributed by atoms with Crippen molar-refractivity contribution >= 4 is 5.78 Å². The molecule has 0 aromatic heterocycles. The average Bonchev–Trinajstić information content (AvgIpc) is 2.78. The van der Waals surface area contributed by atoms with Gasteiger partial charge in [-0.2, -0.15) is 0 Å². The molecule has 1 heterocycles. The molecule has 0 radical (unpaired) electrons. The van der Waals surface area contributed by atoms with Gasteiger partial charge in [-0.25, -0.2) is 0 Å². The van der Waals surface area contributed by atoms with E-state index in [0.29, 0.717) is 35.5 Å². The lowest BCUT2D eigenvalue weighted by atomic mass is 9.81. The van der Waals surface area contributed by atoms with Crippen molar-refractivity contribution in [3.63, 3.8) is 0 Å². The smallest absolute Gasteiger partial charge is 0.210 e. The Bertz CT molecular complexity index is 1170. The second-order valence-electron chi connectivity index (χ2n) is 8.87. The third kappa shape index (κ3) is 4.48. The summed E-state index contributed by atoms with van der Waals surface area (Å²) < 4.78 is 17.0. The highest BCUT2D eigenvalue weighted by Gasteiger charge is 2.48. The minimum absolute atomic E-state index is 0.0712. The molecule has 0 amide bonds. The number of methoxy groups -OCH3 is 2. The summed E-state index contributed by atoms with van der Waals surface area (Å²) in [5.41, 5.74) is 1.08. The molecular formula is C27H32O7. The fraction of sp³-hybridized carbons (Fsp3) is 0.370. The van der Waals surface area contributed by atoms with E-state index in [4.69, 9.17) is 14.2 Å². The zero-order chi connectivity index (χ0) is 25.2. The number of phenols is 2. The lowest BCUT2D eigenvalue weighted by Crippen LogP contribution is -2.45. The molecule has 3 N–H and O–H groups in total. The van der Waals surface area contributed by atoms with Gasteiger partial charge in [0, 0.05) is 22.8 Å². The lowest BCUT2D eigenvalue weighted by Gasteiger charge is -2.35. The first-order valence-electron chi connectivity index (χ1n) is 11.0. The highest BCUT2D eigenvalue weighted by Crippen LogP contribution is 2.48. The first-order valence-corrected chi connectivity index (χ1v) is 11.0. The zero-order valence-corrected chi connectivity index (χ0v) is 20.5. The number of hydrogen-bond acceptors (Lipinski definition) is 7. The van der Waals surface area contributed by atoms with Crippen LogP contribution in [0.15, 0.2) is 41.5 Å². The van der Waals surface area contributed by atoms with Gasteiger partial charge in [-0.05, 0) is 52.7 Å². The van der Waals surface area contributed by atoms with Crippen LogP contribution in [0.25, 0.3) is 0 Å². The second-order valence-corrected chi connectivity index (χ2v) is 8.87. The Balaban J connectivity index is 2.19. The van der Waals surface area contributed by atoms with E-state index >= 15 is 0 Å². The zero-order valence-electron chi connectivity index (χ0n) is 20.5. The summed E-state index contributed by atoms with van der Waals surface area (Å²) in [7, 11) is 3.00. The monoisotopic (exact) mass is 468 g/mol. The molecule has 0 saturated carbocycles. The van der Waals surface area contributed by atoms with Gasteiger partial charge < -0.3 is 29.5 Å². The molecule has 0 fully saturated rings. The van der Waals surface area contributed by atoms with E-state index in [9.17, 15) is 20.1 Å². The number of aromatic hydroxyl groups is 2. The molecule has 34 heavy (non-hydrogen) atoms. The maximum Gasteiger partial charge on any atom is 0.210 e. The fourth-order valence-corrected chi connectivity index (χ4v) is 4.06. The van der Waals surface area contributed by atoms with Crippen LogP contribution in [0.5, 0.6) is 28.7 Å². The van der Waals surface area contributed by atoms with Crippen LogP contribution in [0, 0.1) is 0 Å². The van der Waals surface area contributed by atoms with E-state index < -0.39 is 23.7 Å². The number of ketones is 1. The second kappa shape index (κ2) is 9.81. The van der Waals surface area contributed by atoms with Crippen molar-refractivity contribution in [3.8, 4) is 28.7 Å². The number of hydrogen-bond donors (Lipinski definition) is 3. The molecule has 2 aromatic rings. The van der Waals surface area contributed by atoms with Crippen molar-refractivity contribution in [3.05, 3.63) is 63.8 Å². The first kappa shape index (κ1) is 25.2. The predicted molar refractivity (Wildman–Crippen MR) is 129 cm³/mol. The number of aliphatic hydroxyl groups is 1. The van der Waals surface area contributed by atoms with E-state index in [-0.39, 0.29) is 22.6 Å². The van der Waals surface area contributed by atoms with Gasteiger partial charge in [0.15, 0.2) is 5.60 Å². The van der Waals surface area contributed by atoms with Gasteiger partial charge in [0.05, 0.1) is 14.2 Å². The van der Waals surface area contributed by atoms with E-state index in [0.717, 1.165) is 17.2 Å². The van der Waals surface area contributed by atoms with Gasteiger partial charge in [0.1, 0.15) is 40.9 Å². The standard InChI is InChI=1S/C27H32O7/c1-15(2)7-9-17-20(28)13-21(29)23-25(17)34-14-27(31,26(23)30)19-11-12-22(32-5)18(24(19)33-6)10-8-16(3)4/h7-8,11-13,28-29,31H,9-10,14H2,1-6H3/t27-/m1/s1. The fourth-order valence-electron chi connectivity index (χ4n) is 4.06. The maximum absolute atomic E-state index is 13.7. The largest absolute Gasteiger partial charge is 0.507 e. The number of fused-ring (bicyclic) bond motifs is 1. The van der Waals surface area contributed by atoms with Crippen molar-refractivity contribution < 1.29 is 34.3 Å². The van der Waals surface area contributed by atoms with Gasteiger partial charge in [-0.1, -0.05) is 23.3 Å². The minimum atomic E-state index is -2.12. The van der Waals surface area contributed by atoms with Crippen molar-refractivity contribution in [2.75, 3.05) is 20.8 Å². The SMILES string of the molecule is COc1ccc([C@]2(O)COc3c(CC=C(C)C)c(O)cc(O)c3C2=O)c(OC)c1CC=C(C)C. The minimum Gasteiger partial charge on any atom is -0.507 e. The lowest BCUT2D eigenvalue weighted by molar-refractivity contribution is -0.00706. The molecule has 0 aliphatic carbocycles. The molecule has 0 bridgehead atoms. The number of allylic oxidation sites excluding steroid dienone is 4. The number of ether oxygens (including phenoxy) is 3. The first-order chi connectivity index (χ1) is 16.0. The van der Waals surface area contributed by atoms with Gasteiger partial charge in [0.25, 0.3) is 0 Å². The molecule has 2 aromatic carbocycles. The van der Waals surface area contributed by atoms with Crippen LogP contribution >= 0.6 is 0 Å². The number of Topliss-reactive ketones (excluding diaryl/α,β-unsaturated/α-hetero) is 1. The summed E-state index contributed by atoms with van der Waals surface area (Å²) in [6.45, 7) is 7.36. The summed E-state index contributed by atoms with van der Waals surface area (Å²) in [6, 6.07) is 4.34. The van der Waals surface area contributed by atoms with Gasteiger partial charge >= 0.3 is 0 Å². The summed E-state index contributed by atoms with van der Waals surface area (Å²) >= 11 is 0. The van der Waals surface area contributed by atoms with E-state index in [1.54, 1.807) is 19.2 Å². The molecule has 0 saturated heterocycles. The predicted octanol–water partition coefficient (Wildman–Crippen LogP) is 4.60. The molecule has 0 unspecified atom stereocenters. The van der Waals surface area contributed by atoms with E-state index in [1.807, 2.05) is 39.8 Å². The Labute approximate surface area is 199 Å². The van der Waals surface area contributed by atoms with Crippen LogP contribution in [0.4, 0.5) is 0 Å². The van der Waals surface area contributed by atoms with Gasteiger partial charge in [-0.3, -0.25) is 4.79 Å². The van der Waals surface area contributed by atoms with Crippen molar-refractivity contribution in [1.82, 2.24) is 0 Å². The molecule has 7 heteroatoms. The Morgan fingerprint density at radius 1 is 1.00 bits per heavy atom. The number of rotatable bonds is 7. The Hall–Kier alpha value is -3.45. The normalized spacial score (nSPS) is 16.9. The molecule has 7 nitrogen and oxygen atoms in total. The molecule has 3 rings (SSSR count). The highest BCUT2D eigenvalue weighted by molar-refractivity contribution is 6.09. The van der Waals surface area contributed by atoms with Crippen LogP contribution in [-0.2, 0) is 18.4 Å². The molecule has 1 atom stereocenters. The van der Waals surface area contributed by atoms with Gasteiger partial charge in [-0.15, -0.1) is 0 Å². The number of benzene rings is 2. The Morgan fingerprint density at radius 3 is 2.18 bits per heavy atom. The Kier molecular flexibility index (Phi) is 7.26. The number of phenolic OH excluding ortho intramolecular Hbond substituents is 2. The highest BCUT2D eigenvalue weighted by atomic mass is 16.5.